The highest BCUT2D eigenvalue weighted by molar-refractivity contribution is 4.93. The molecule has 1 rings (SSSR count). The molecule has 0 aromatic rings. The van der Waals surface area contributed by atoms with Crippen molar-refractivity contribution in [2.45, 2.75) is 72.4 Å². The first-order valence-corrected chi connectivity index (χ1v) is 9.00. The number of nitrogens with one attached hydrogen (secondary N) is 1. The van der Waals surface area contributed by atoms with Gasteiger partial charge in [-0.2, -0.15) is 0 Å². The third-order valence-corrected chi connectivity index (χ3v) is 5.52. The van der Waals surface area contributed by atoms with Crippen LogP contribution < -0.4 is 11.1 Å². The molecule has 0 bridgehead atoms. The van der Waals surface area contributed by atoms with E-state index in [-0.39, 0.29) is 5.54 Å². The van der Waals surface area contributed by atoms with Gasteiger partial charge in [0, 0.05) is 24.7 Å². The minimum Gasteiger partial charge on any atom is -0.329 e. The Morgan fingerprint density at radius 3 is 2.10 bits per heavy atom. The molecule has 0 aromatic heterocycles. The van der Waals surface area contributed by atoms with Crippen LogP contribution >= 0.6 is 0 Å². The van der Waals surface area contributed by atoms with Crippen molar-refractivity contribution < 1.29 is 0 Å². The molecule has 0 aliphatic carbocycles. The Kier molecular flexibility index (Phi) is 7.66. The lowest BCUT2D eigenvalue weighted by Crippen LogP contribution is -2.54. The van der Waals surface area contributed by atoms with Gasteiger partial charge >= 0.3 is 0 Å². The van der Waals surface area contributed by atoms with Crippen molar-refractivity contribution in [2.24, 2.45) is 23.5 Å². The molecule has 3 nitrogen and oxygen atoms in total. The predicted molar refractivity (Wildman–Crippen MR) is 93.5 cm³/mol. The Bertz CT molecular complexity index is 280. The molecule has 126 valence electrons. The minimum absolute atomic E-state index is 0.158. The smallest absolute Gasteiger partial charge is 0.0316 e. The summed E-state index contributed by atoms with van der Waals surface area (Å²) < 4.78 is 0. The summed E-state index contributed by atoms with van der Waals surface area (Å²) in [5, 5.41) is 3.90. The van der Waals surface area contributed by atoms with E-state index in [1.807, 2.05) is 0 Å². The molecule has 0 radical (unpaired) electrons. The lowest BCUT2D eigenvalue weighted by molar-refractivity contribution is 0.201. The summed E-state index contributed by atoms with van der Waals surface area (Å²) in [7, 11) is 0. The summed E-state index contributed by atoms with van der Waals surface area (Å²) in [4.78, 5) is 2.60. The Hall–Kier alpha value is -0.120. The maximum Gasteiger partial charge on any atom is 0.0316 e. The topological polar surface area (TPSA) is 41.3 Å². The monoisotopic (exact) mass is 297 g/mol. The highest BCUT2D eigenvalue weighted by Gasteiger charge is 2.32. The molecule has 1 aliphatic rings. The van der Waals surface area contributed by atoms with Gasteiger partial charge in [-0.1, -0.05) is 27.7 Å². The van der Waals surface area contributed by atoms with Crippen LogP contribution in [0.1, 0.15) is 60.8 Å². The van der Waals surface area contributed by atoms with Gasteiger partial charge in [-0.25, -0.2) is 0 Å². The van der Waals surface area contributed by atoms with Crippen LogP contribution in [0.4, 0.5) is 0 Å². The van der Waals surface area contributed by atoms with E-state index in [1.165, 1.54) is 32.4 Å². The van der Waals surface area contributed by atoms with Gasteiger partial charge in [-0.05, 0) is 64.0 Å². The van der Waals surface area contributed by atoms with E-state index in [9.17, 15) is 0 Å². The van der Waals surface area contributed by atoms with Crippen LogP contribution in [-0.2, 0) is 0 Å². The highest BCUT2D eigenvalue weighted by Crippen LogP contribution is 2.25. The van der Waals surface area contributed by atoms with Crippen LogP contribution in [0, 0.1) is 17.8 Å². The fourth-order valence-corrected chi connectivity index (χ4v) is 3.76. The minimum atomic E-state index is 0.158. The van der Waals surface area contributed by atoms with Crippen molar-refractivity contribution in [3.63, 3.8) is 0 Å². The van der Waals surface area contributed by atoms with Crippen LogP contribution in [0.15, 0.2) is 0 Å². The first-order chi connectivity index (χ1) is 9.81. The predicted octanol–water partition coefficient (Wildman–Crippen LogP) is 3.10. The van der Waals surface area contributed by atoms with Gasteiger partial charge < -0.3 is 16.0 Å². The molecule has 1 aliphatic heterocycles. The molecular weight excluding hydrogens is 258 g/mol. The Balaban J connectivity index is 2.64. The van der Waals surface area contributed by atoms with E-state index >= 15 is 0 Å². The summed E-state index contributed by atoms with van der Waals surface area (Å²) in [6, 6.07) is 0.651. The molecule has 21 heavy (non-hydrogen) atoms. The quantitative estimate of drug-likeness (QED) is 0.759. The normalized spacial score (nSPS) is 25.3. The molecule has 0 spiro atoms. The summed E-state index contributed by atoms with van der Waals surface area (Å²) in [6.45, 7) is 18.2. The van der Waals surface area contributed by atoms with Gasteiger partial charge in [0.05, 0.1) is 0 Å². The van der Waals surface area contributed by atoms with Gasteiger partial charge in [0.25, 0.3) is 0 Å². The van der Waals surface area contributed by atoms with E-state index in [0.717, 1.165) is 30.8 Å². The SMILES string of the molecule is CC(C)C(CNC1(CN)CCCN(C(C)C)CC1)C(C)C. The second-order valence-corrected chi connectivity index (χ2v) is 8.00. The van der Waals surface area contributed by atoms with E-state index < -0.39 is 0 Å². The van der Waals surface area contributed by atoms with E-state index in [0.29, 0.717) is 6.04 Å². The van der Waals surface area contributed by atoms with E-state index in [4.69, 9.17) is 5.73 Å². The van der Waals surface area contributed by atoms with Crippen molar-refractivity contribution in [1.29, 1.82) is 0 Å². The molecule has 0 amide bonds. The van der Waals surface area contributed by atoms with Gasteiger partial charge in [0.15, 0.2) is 0 Å². The molecule has 1 unspecified atom stereocenters. The number of nitrogens with two attached hydrogens (primary N) is 1. The zero-order valence-electron chi connectivity index (χ0n) is 15.3. The molecule has 1 atom stereocenters. The molecular formula is C18H39N3. The third-order valence-electron chi connectivity index (χ3n) is 5.52. The average Bonchev–Trinajstić information content (AvgIpc) is 2.61. The largest absolute Gasteiger partial charge is 0.329 e. The second-order valence-electron chi connectivity index (χ2n) is 8.00. The standard InChI is InChI=1S/C18H39N3/c1-14(2)17(15(3)4)12-20-18(13-19)8-7-10-21(11-9-18)16(5)6/h14-17,20H,7-13,19H2,1-6H3. The van der Waals surface area contributed by atoms with Crippen LogP contribution in [0.25, 0.3) is 0 Å². The van der Waals surface area contributed by atoms with Gasteiger partial charge in [-0.3, -0.25) is 0 Å². The van der Waals surface area contributed by atoms with Crippen molar-refractivity contribution in [2.75, 3.05) is 26.2 Å². The summed E-state index contributed by atoms with van der Waals surface area (Å²) >= 11 is 0. The van der Waals surface area contributed by atoms with Crippen molar-refractivity contribution >= 4 is 0 Å². The van der Waals surface area contributed by atoms with Gasteiger partial charge in [0.1, 0.15) is 0 Å². The number of hydrogen-bond donors (Lipinski definition) is 2. The van der Waals surface area contributed by atoms with Crippen molar-refractivity contribution in [3.8, 4) is 0 Å². The third kappa shape index (κ3) is 5.54. The fraction of sp³-hybridized carbons (Fsp3) is 1.00. The molecule has 1 fully saturated rings. The average molecular weight is 298 g/mol. The second kappa shape index (κ2) is 8.50. The van der Waals surface area contributed by atoms with Crippen LogP contribution in [0.3, 0.4) is 0 Å². The maximum atomic E-state index is 6.19. The van der Waals surface area contributed by atoms with E-state index in [2.05, 4.69) is 51.8 Å². The molecule has 0 aromatic carbocycles. The van der Waals surface area contributed by atoms with E-state index in [1.54, 1.807) is 0 Å². The highest BCUT2D eigenvalue weighted by atomic mass is 15.2. The van der Waals surface area contributed by atoms with Gasteiger partial charge in [0.2, 0.25) is 0 Å². The lowest BCUT2D eigenvalue weighted by Gasteiger charge is -2.36. The maximum absolute atomic E-state index is 6.19. The molecule has 0 saturated carbocycles. The van der Waals surface area contributed by atoms with Crippen molar-refractivity contribution in [1.82, 2.24) is 10.2 Å². The number of rotatable bonds is 7. The fourth-order valence-electron chi connectivity index (χ4n) is 3.76. The number of nitrogens with zero attached hydrogens (tertiary/aromatic N) is 1. The molecule has 1 saturated heterocycles. The summed E-state index contributed by atoms with van der Waals surface area (Å²) in [6.07, 6.45) is 3.66. The van der Waals surface area contributed by atoms with Crippen LogP contribution in [0.5, 0.6) is 0 Å². The molecule has 1 heterocycles. The Morgan fingerprint density at radius 1 is 1.00 bits per heavy atom. The van der Waals surface area contributed by atoms with Gasteiger partial charge in [-0.15, -0.1) is 0 Å². The first kappa shape index (κ1) is 18.9. The summed E-state index contributed by atoms with van der Waals surface area (Å²) in [5.41, 5.74) is 6.35. The zero-order chi connectivity index (χ0) is 16.0. The molecule has 3 heteroatoms. The number of likely N-dealkylation sites (tertiary alicyclic amines) is 1. The Labute approximate surface area is 133 Å². The molecule has 3 N–H and O–H groups in total. The van der Waals surface area contributed by atoms with Crippen LogP contribution in [-0.4, -0.2) is 42.7 Å². The Morgan fingerprint density at radius 2 is 1.62 bits per heavy atom. The van der Waals surface area contributed by atoms with Crippen molar-refractivity contribution in [3.05, 3.63) is 0 Å². The summed E-state index contributed by atoms with van der Waals surface area (Å²) in [5.74, 6) is 2.19. The first-order valence-electron chi connectivity index (χ1n) is 9.00. The number of hydrogen-bond acceptors (Lipinski definition) is 3. The van der Waals surface area contributed by atoms with Crippen LogP contribution in [0.2, 0.25) is 0 Å². The zero-order valence-corrected chi connectivity index (χ0v) is 15.3. The lowest BCUT2D eigenvalue weighted by atomic mass is 9.83.